The van der Waals surface area contributed by atoms with Crippen LogP contribution in [0.5, 0.6) is 0 Å². The summed E-state index contributed by atoms with van der Waals surface area (Å²) in [7, 11) is 0. The molecule has 28 heavy (non-hydrogen) atoms. The lowest BCUT2D eigenvalue weighted by atomic mass is 10.0. The summed E-state index contributed by atoms with van der Waals surface area (Å²) in [6.07, 6.45) is 0. The third-order valence-electron chi connectivity index (χ3n) is 5.52. The lowest BCUT2D eigenvalue weighted by Gasteiger charge is -2.41. The van der Waals surface area contributed by atoms with E-state index < -0.39 is 0 Å². The smallest absolute Gasteiger partial charge is 0.244 e. The number of hydrogen-bond donors (Lipinski definition) is 0. The van der Waals surface area contributed by atoms with Gasteiger partial charge in [-0.3, -0.25) is 9.69 Å². The number of amides is 1. The Bertz CT molecular complexity index is 787. The third kappa shape index (κ3) is 4.32. The van der Waals surface area contributed by atoms with Gasteiger partial charge in [0.25, 0.3) is 0 Å². The monoisotopic (exact) mass is 399 g/mol. The highest BCUT2D eigenvalue weighted by molar-refractivity contribution is 6.30. The van der Waals surface area contributed by atoms with E-state index in [1.54, 1.807) is 0 Å². The summed E-state index contributed by atoms with van der Waals surface area (Å²) in [4.78, 5) is 20.0. The molecule has 2 fully saturated rings. The maximum absolute atomic E-state index is 13.4. The Morgan fingerprint density at radius 3 is 2.29 bits per heavy atom. The number of carbonyl (C=O) groups excluding carboxylic acids is 1. The van der Waals surface area contributed by atoms with Gasteiger partial charge in [-0.2, -0.15) is 0 Å². The molecular formula is C22H26ClN3O2. The van der Waals surface area contributed by atoms with Crippen LogP contribution in [-0.4, -0.2) is 68.2 Å². The number of benzene rings is 2. The number of hydrogen-bond acceptors (Lipinski definition) is 4. The van der Waals surface area contributed by atoms with Crippen molar-refractivity contribution >= 4 is 23.2 Å². The van der Waals surface area contributed by atoms with Gasteiger partial charge < -0.3 is 14.5 Å². The predicted octanol–water partition coefficient (Wildman–Crippen LogP) is 3.06. The fourth-order valence-corrected chi connectivity index (χ4v) is 4.20. The van der Waals surface area contributed by atoms with Crippen molar-refractivity contribution in [3.63, 3.8) is 0 Å². The molecule has 1 atom stereocenters. The van der Waals surface area contributed by atoms with Gasteiger partial charge >= 0.3 is 0 Å². The molecule has 5 nitrogen and oxygen atoms in total. The molecule has 2 saturated heterocycles. The number of carbonyl (C=O) groups is 1. The van der Waals surface area contributed by atoms with E-state index >= 15 is 0 Å². The highest BCUT2D eigenvalue weighted by atomic mass is 35.5. The van der Waals surface area contributed by atoms with Crippen molar-refractivity contribution in [3.05, 3.63) is 65.2 Å². The largest absolute Gasteiger partial charge is 0.378 e. The van der Waals surface area contributed by atoms with Crippen molar-refractivity contribution < 1.29 is 9.53 Å². The quantitative estimate of drug-likeness (QED) is 0.791. The van der Waals surface area contributed by atoms with E-state index in [2.05, 4.69) is 28.0 Å². The Labute approximate surface area is 171 Å². The summed E-state index contributed by atoms with van der Waals surface area (Å²) in [5.74, 6) is 0.186. The maximum Gasteiger partial charge on any atom is 0.244 e. The molecule has 4 rings (SSSR count). The van der Waals surface area contributed by atoms with Gasteiger partial charge in [0.2, 0.25) is 5.91 Å². The molecule has 0 aromatic heterocycles. The van der Waals surface area contributed by atoms with Gasteiger partial charge in [-0.15, -0.1) is 0 Å². The van der Waals surface area contributed by atoms with E-state index in [-0.39, 0.29) is 11.9 Å². The van der Waals surface area contributed by atoms with E-state index in [4.69, 9.17) is 16.3 Å². The van der Waals surface area contributed by atoms with Crippen LogP contribution in [0.2, 0.25) is 5.02 Å². The first-order valence-corrected chi connectivity index (χ1v) is 10.3. The standard InChI is InChI=1S/C22H26ClN3O2/c23-19-7-4-8-20(17-19)24-9-11-25(12-10-24)21(18-5-2-1-3-6-18)22(27)26-13-15-28-16-14-26/h1-8,17,21H,9-16H2/t21-/m0/s1. The highest BCUT2D eigenvalue weighted by Gasteiger charge is 2.33. The van der Waals surface area contributed by atoms with Crippen LogP contribution in [0.3, 0.4) is 0 Å². The van der Waals surface area contributed by atoms with Crippen molar-refractivity contribution in [1.29, 1.82) is 0 Å². The molecule has 0 saturated carbocycles. The second kappa shape index (κ2) is 8.95. The molecule has 0 N–H and O–H groups in total. The van der Waals surface area contributed by atoms with Crippen molar-refractivity contribution in [3.8, 4) is 0 Å². The fraction of sp³-hybridized carbons (Fsp3) is 0.409. The zero-order valence-corrected chi connectivity index (χ0v) is 16.7. The van der Waals surface area contributed by atoms with Crippen LogP contribution in [0.25, 0.3) is 0 Å². The number of rotatable bonds is 4. The second-order valence-corrected chi connectivity index (χ2v) is 7.69. The molecule has 2 aliphatic rings. The van der Waals surface area contributed by atoms with E-state index in [0.717, 1.165) is 42.5 Å². The number of halogens is 1. The van der Waals surface area contributed by atoms with Gasteiger partial charge in [0.15, 0.2) is 0 Å². The number of ether oxygens (including phenoxy) is 1. The van der Waals surface area contributed by atoms with Crippen molar-refractivity contribution in [1.82, 2.24) is 9.80 Å². The summed E-state index contributed by atoms with van der Waals surface area (Å²) >= 11 is 6.15. The topological polar surface area (TPSA) is 36.0 Å². The normalized spacial score (nSPS) is 19.5. The molecule has 2 aliphatic heterocycles. The first-order chi connectivity index (χ1) is 13.7. The molecule has 2 aromatic rings. The third-order valence-corrected chi connectivity index (χ3v) is 5.76. The minimum Gasteiger partial charge on any atom is -0.378 e. The van der Waals surface area contributed by atoms with E-state index in [9.17, 15) is 4.79 Å². The number of nitrogens with zero attached hydrogens (tertiary/aromatic N) is 3. The van der Waals surface area contributed by atoms with Crippen LogP contribution in [-0.2, 0) is 9.53 Å². The summed E-state index contributed by atoms with van der Waals surface area (Å²) < 4.78 is 5.43. The first-order valence-electron chi connectivity index (χ1n) is 9.88. The molecule has 0 bridgehead atoms. The van der Waals surface area contributed by atoms with Crippen molar-refractivity contribution in [2.24, 2.45) is 0 Å². The average Bonchev–Trinajstić information content (AvgIpc) is 2.76. The van der Waals surface area contributed by atoms with Crippen LogP contribution in [0, 0.1) is 0 Å². The zero-order chi connectivity index (χ0) is 19.3. The minimum atomic E-state index is -0.235. The van der Waals surface area contributed by atoms with E-state index in [0.29, 0.717) is 26.3 Å². The van der Waals surface area contributed by atoms with Crippen LogP contribution in [0.15, 0.2) is 54.6 Å². The number of piperazine rings is 1. The van der Waals surface area contributed by atoms with Gasteiger partial charge in [-0.25, -0.2) is 0 Å². The van der Waals surface area contributed by atoms with Crippen molar-refractivity contribution in [2.75, 3.05) is 57.4 Å². The lowest BCUT2D eigenvalue weighted by molar-refractivity contribution is -0.141. The Hall–Kier alpha value is -2.08. The minimum absolute atomic E-state index is 0.186. The summed E-state index contributed by atoms with van der Waals surface area (Å²) in [6, 6.07) is 17.9. The van der Waals surface area contributed by atoms with Crippen LogP contribution in [0.4, 0.5) is 5.69 Å². The fourth-order valence-electron chi connectivity index (χ4n) is 4.01. The molecule has 148 valence electrons. The molecule has 2 heterocycles. The van der Waals surface area contributed by atoms with Crippen LogP contribution >= 0.6 is 11.6 Å². The SMILES string of the molecule is O=C([C@H](c1ccccc1)N1CCN(c2cccc(Cl)c2)CC1)N1CCOCC1. The van der Waals surface area contributed by atoms with Crippen molar-refractivity contribution in [2.45, 2.75) is 6.04 Å². The van der Waals surface area contributed by atoms with Gasteiger partial charge in [0, 0.05) is 50.0 Å². The first kappa shape index (κ1) is 19.2. The van der Waals surface area contributed by atoms with E-state index in [1.807, 2.05) is 41.3 Å². The van der Waals surface area contributed by atoms with Gasteiger partial charge in [-0.05, 0) is 23.8 Å². The Morgan fingerprint density at radius 2 is 1.61 bits per heavy atom. The molecule has 0 radical (unpaired) electrons. The average molecular weight is 400 g/mol. The number of morpholine rings is 1. The molecular weight excluding hydrogens is 374 g/mol. The molecule has 2 aromatic carbocycles. The Kier molecular flexibility index (Phi) is 6.15. The molecule has 0 spiro atoms. The Morgan fingerprint density at radius 1 is 0.893 bits per heavy atom. The molecule has 0 unspecified atom stereocenters. The van der Waals surface area contributed by atoms with Gasteiger partial charge in [0.1, 0.15) is 6.04 Å². The predicted molar refractivity (Wildman–Crippen MR) is 112 cm³/mol. The van der Waals surface area contributed by atoms with E-state index in [1.165, 1.54) is 0 Å². The highest BCUT2D eigenvalue weighted by Crippen LogP contribution is 2.27. The lowest BCUT2D eigenvalue weighted by Crippen LogP contribution is -2.53. The zero-order valence-electron chi connectivity index (χ0n) is 16.0. The Balaban J connectivity index is 1.50. The van der Waals surface area contributed by atoms with Crippen LogP contribution in [0.1, 0.15) is 11.6 Å². The van der Waals surface area contributed by atoms with Gasteiger partial charge in [-0.1, -0.05) is 48.0 Å². The van der Waals surface area contributed by atoms with Gasteiger partial charge in [0.05, 0.1) is 13.2 Å². The number of anilines is 1. The summed E-state index contributed by atoms with van der Waals surface area (Å²) in [5.41, 5.74) is 2.21. The molecule has 6 heteroatoms. The summed E-state index contributed by atoms with van der Waals surface area (Å²) in [5, 5.41) is 0.754. The maximum atomic E-state index is 13.4. The molecule has 0 aliphatic carbocycles. The molecule has 1 amide bonds. The second-order valence-electron chi connectivity index (χ2n) is 7.25. The van der Waals surface area contributed by atoms with Crippen LogP contribution < -0.4 is 4.90 Å². The summed E-state index contributed by atoms with van der Waals surface area (Å²) in [6.45, 7) is 6.01.